The van der Waals surface area contributed by atoms with E-state index in [1.807, 2.05) is 55.1 Å². The van der Waals surface area contributed by atoms with Gasteiger partial charge in [0.1, 0.15) is 0 Å². The van der Waals surface area contributed by atoms with Crippen molar-refractivity contribution in [2.24, 2.45) is 0 Å². The number of amides is 1. The smallest absolute Gasteiger partial charge is 0.260 e. The van der Waals surface area contributed by atoms with Crippen LogP contribution in [0, 0.1) is 13.8 Å². The number of aryl methyl sites for hydroxylation is 2. The first kappa shape index (κ1) is 15.4. The summed E-state index contributed by atoms with van der Waals surface area (Å²) in [5.41, 5.74) is 4.52. The van der Waals surface area contributed by atoms with E-state index in [1.54, 1.807) is 6.20 Å². The van der Waals surface area contributed by atoms with Crippen LogP contribution in [0.5, 0.6) is 0 Å². The van der Waals surface area contributed by atoms with Crippen LogP contribution in [0.25, 0.3) is 5.69 Å². The van der Waals surface area contributed by atoms with Crippen LogP contribution in [-0.2, 0) is 6.42 Å². The molecule has 0 bridgehead atoms. The number of hydrogen-bond donors (Lipinski definition) is 1. The van der Waals surface area contributed by atoms with E-state index in [2.05, 4.69) is 15.4 Å². The van der Waals surface area contributed by atoms with Gasteiger partial charge in [0.25, 0.3) is 5.91 Å². The first-order chi connectivity index (χ1) is 11.1. The molecule has 0 saturated heterocycles. The maximum atomic E-state index is 12.5. The molecule has 1 amide bonds. The van der Waals surface area contributed by atoms with E-state index < -0.39 is 0 Å². The molecule has 3 rings (SSSR count). The molecule has 0 spiro atoms. The molecule has 0 fully saturated rings. The van der Waals surface area contributed by atoms with E-state index in [1.165, 1.54) is 16.9 Å². The maximum absolute atomic E-state index is 12.5. The molecule has 0 radical (unpaired) electrons. The Bertz CT molecular complexity index is 833. The molecule has 0 unspecified atom stereocenters. The van der Waals surface area contributed by atoms with Gasteiger partial charge < -0.3 is 0 Å². The average Bonchev–Trinajstić information content (AvgIpc) is 3.14. The van der Waals surface area contributed by atoms with Crippen LogP contribution in [0.3, 0.4) is 0 Å². The van der Waals surface area contributed by atoms with E-state index in [-0.39, 0.29) is 5.91 Å². The van der Waals surface area contributed by atoms with Crippen molar-refractivity contribution < 1.29 is 4.79 Å². The quantitative estimate of drug-likeness (QED) is 0.794. The minimum absolute atomic E-state index is 0.172. The summed E-state index contributed by atoms with van der Waals surface area (Å²) >= 11 is 1.42. The Kier molecular flexibility index (Phi) is 4.25. The molecule has 118 valence electrons. The van der Waals surface area contributed by atoms with Crippen molar-refractivity contribution in [3.8, 4) is 5.69 Å². The van der Waals surface area contributed by atoms with E-state index >= 15 is 0 Å². The summed E-state index contributed by atoms with van der Waals surface area (Å²) in [5.74, 6) is -0.172. The van der Waals surface area contributed by atoms with Crippen molar-refractivity contribution in [3.05, 3.63) is 58.4 Å². The number of aromatic nitrogens is 3. The molecule has 1 N–H and O–H groups in total. The summed E-state index contributed by atoms with van der Waals surface area (Å²) in [6, 6.07) is 8.09. The van der Waals surface area contributed by atoms with E-state index in [0.29, 0.717) is 17.1 Å². The monoisotopic (exact) mass is 326 g/mol. The lowest BCUT2D eigenvalue weighted by atomic mass is 10.2. The van der Waals surface area contributed by atoms with Crippen LogP contribution in [0.15, 0.2) is 35.8 Å². The number of nitrogens with one attached hydrogen (secondary N) is 1. The third-order valence-electron chi connectivity index (χ3n) is 3.57. The lowest BCUT2D eigenvalue weighted by Gasteiger charge is -2.08. The minimum Gasteiger partial charge on any atom is -0.298 e. The zero-order valence-electron chi connectivity index (χ0n) is 13.3. The van der Waals surface area contributed by atoms with Gasteiger partial charge in [-0.2, -0.15) is 5.10 Å². The molecule has 6 heteroatoms. The fourth-order valence-electron chi connectivity index (χ4n) is 2.39. The average molecular weight is 326 g/mol. The van der Waals surface area contributed by atoms with Crippen molar-refractivity contribution in [2.75, 3.05) is 5.32 Å². The summed E-state index contributed by atoms with van der Waals surface area (Å²) in [5, 5.41) is 9.75. The van der Waals surface area contributed by atoms with E-state index in [9.17, 15) is 4.79 Å². The molecular weight excluding hydrogens is 308 g/mol. The van der Waals surface area contributed by atoms with Gasteiger partial charge in [0.15, 0.2) is 5.13 Å². The Hall–Kier alpha value is -2.47. The fraction of sp³-hybridized carbons (Fsp3) is 0.235. The number of carbonyl (C=O) groups excluding carboxylic acids is 1. The molecule has 5 nitrogen and oxygen atoms in total. The molecule has 1 aromatic carbocycles. The maximum Gasteiger partial charge on any atom is 0.260 e. The Morgan fingerprint density at radius 3 is 2.61 bits per heavy atom. The number of benzene rings is 1. The standard InChI is InChI=1S/C17H18N4OS/c1-4-15-14(16(22)20-17-19-12(3)10-23-17)9-18-21(15)13-7-5-11(2)6-8-13/h5-10H,4H2,1-3H3,(H,19,20,22). The van der Waals surface area contributed by atoms with E-state index in [0.717, 1.165) is 17.1 Å². The van der Waals surface area contributed by atoms with Gasteiger partial charge in [-0.1, -0.05) is 24.6 Å². The number of carbonyl (C=O) groups is 1. The molecule has 0 atom stereocenters. The highest BCUT2D eigenvalue weighted by Gasteiger charge is 2.18. The Balaban J connectivity index is 1.91. The first-order valence-electron chi connectivity index (χ1n) is 7.46. The van der Waals surface area contributed by atoms with Crippen LogP contribution in [0.1, 0.15) is 34.2 Å². The summed E-state index contributed by atoms with van der Waals surface area (Å²) < 4.78 is 1.82. The number of nitrogens with zero attached hydrogens (tertiary/aromatic N) is 3. The minimum atomic E-state index is -0.172. The van der Waals surface area contributed by atoms with Gasteiger partial charge in [0.2, 0.25) is 0 Å². The molecule has 2 heterocycles. The van der Waals surface area contributed by atoms with Gasteiger partial charge in [-0.3, -0.25) is 10.1 Å². The highest BCUT2D eigenvalue weighted by Crippen LogP contribution is 2.19. The lowest BCUT2D eigenvalue weighted by molar-refractivity contribution is 0.102. The summed E-state index contributed by atoms with van der Waals surface area (Å²) in [4.78, 5) is 16.8. The molecule has 0 saturated carbocycles. The third kappa shape index (κ3) is 3.17. The highest BCUT2D eigenvalue weighted by atomic mass is 32.1. The van der Waals surface area contributed by atoms with Crippen molar-refractivity contribution in [2.45, 2.75) is 27.2 Å². The number of rotatable bonds is 4. The SMILES string of the molecule is CCc1c(C(=O)Nc2nc(C)cs2)cnn1-c1ccc(C)cc1. The van der Waals surface area contributed by atoms with Crippen molar-refractivity contribution >= 4 is 22.4 Å². The van der Waals surface area contributed by atoms with Crippen LogP contribution >= 0.6 is 11.3 Å². The fourth-order valence-corrected chi connectivity index (χ4v) is 3.07. The second-order valence-corrected chi connectivity index (χ2v) is 6.21. The largest absolute Gasteiger partial charge is 0.298 e. The van der Waals surface area contributed by atoms with Crippen molar-refractivity contribution in [1.82, 2.24) is 14.8 Å². The topological polar surface area (TPSA) is 59.8 Å². The Morgan fingerprint density at radius 2 is 2.00 bits per heavy atom. The van der Waals surface area contributed by atoms with E-state index in [4.69, 9.17) is 0 Å². The molecule has 0 aliphatic carbocycles. The van der Waals surface area contributed by atoms with Crippen molar-refractivity contribution in [3.63, 3.8) is 0 Å². The second kappa shape index (κ2) is 6.34. The zero-order valence-corrected chi connectivity index (χ0v) is 14.1. The van der Waals surface area contributed by atoms with Gasteiger partial charge in [0, 0.05) is 5.38 Å². The normalized spacial score (nSPS) is 10.7. The lowest BCUT2D eigenvalue weighted by Crippen LogP contribution is -2.14. The summed E-state index contributed by atoms with van der Waals surface area (Å²) in [6.07, 6.45) is 2.34. The second-order valence-electron chi connectivity index (χ2n) is 5.35. The number of anilines is 1. The predicted octanol–water partition coefficient (Wildman–Crippen LogP) is 3.76. The third-order valence-corrected chi connectivity index (χ3v) is 4.44. The molecule has 23 heavy (non-hydrogen) atoms. The van der Waals surface area contributed by atoms with Crippen LogP contribution < -0.4 is 5.32 Å². The van der Waals surface area contributed by atoms with Gasteiger partial charge in [-0.25, -0.2) is 9.67 Å². The molecule has 3 aromatic rings. The molecule has 0 aliphatic heterocycles. The van der Waals surface area contributed by atoms with Crippen LogP contribution in [0.4, 0.5) is 5.13 Å². The van der Waals surface area contributed by atoms with Gasteiger partial charge >= 0.3 is 0 Å². The van der Waals surface area contributed by atoms with Crippen LogP contribution in [-0.4, -0.2) is 20.7 Å². The van der Waals surface area contributed by atoms with Crippen molar-refractivity contribution in [1.29, 1.82) is 0 Å². The molecule has 0 aliphatic rings. The summed E-state index contributed by atoms with van der Waals surface area (Å²) in [6.45, 7) is 5.97. The number of hydrogen-bond acceptors (Lipinski definition) is 4. The summed E-state index contributed by atoms with van der Waals surface area (Å²) in [7, 11) is 0. The zero-order chi connectivity index (χ0) is 16.4. The molecular formula is C17H18N4OS. The Morgan fingerprint density at radius 1 is 1.26 bits per heavy atom. The number of thiazole rings is 1. The van der Waals surface area contributed by atoms with Gasteiger partial charge in [-0.15, -0.1) is 11.3 Å². The first-order valence-corrected chi connectivity index (χ1v) is 8.34. The van der Waals surface area contributed by atoms with Gasteiger partial charge in [-0.05, 0) is 32.4 Å². The predicted molar refractivity (Wildman–Crippen MR) is 92.5 cm³/mol. The molecule has 2 aromatic heterocycles. The Labute approximate surface area is 139 Å². The van der Waals surface area contributed by atoms with Gasteiger partial charge in [0.05, 0.1) is 28.8 Å². The van der Waals surface area contributed by atoms with Crippen LogP contribution in [0.2, 0.25) is 0 Å². The highest BCUT2D eigenvalue weighted by molar-refractivity contribution is 7.13.